The Morgan fingerprint density at radius 1 is 1.02 bits per heavy atom. The Labute approximate surface area is 244 Å². The van der Waals surface area contributed by atoms with Crippen molar-refractivity contribution in [1.29, 1.82) is 0 Å². The first-order valence-corrected chi connectivity index (χ1v) is 13.9. The molecule has 8 heteroatoms. The maximum absolute atomic E-state index is 13.4. The number of carbonyl (C=O) groups excluding carboxylic acids is 1. The minimum Gasteiger partial charge on any atom is -0.496 e. The average molecular weight is 563 g/mol. The molecule has 0 amide bonds. The largest absolute Gasteiger partial charge is 0.496 e. The van der Waals surface area contributed by atoms with Crippen LogP contribution in [-0.2, 0) is 12.8 Å². The van der Waals surface area contributed by atoms with Crippen LogP contribution in [0.2, 0.25) is 0 Å². The maximum Gasteiger partial charge on any atom is 0.200 e. The number of benzene rings is 2. The standard InChI is InChI=1S/C34H34N4O4/c1-6-22-13-29-26(15-31(22)41-5)32(16-33(35)37-29)42-25-12-11-24(36-17-25)14-30(39)28-19-38(20(2)3)18-27(34(28)40)23-9-7-21(4)8-10-23/h7-13,15-20H,6,14H2,1-5H3,(H2,35,37). The second-order valence-electron chi connectivity index (χ2n) is 10.6. The summed E-state index contributed by atoms with van der Waals surface area (Å²) in [5.41, 5.74) is 10.6. The summed E-state index contributed by atoms with van der Waals surface area (Å²) in [5.74, 6) is 1.78. The molecule has 0 radical (unpaired) electrons. The van der Waals surface area contributed by atoms with Gasteiger partial charge in [-0.05, 0) is 62.6 Å². The Morgan fingerprint density at radius 2 is 1.79 bits per heavy atom. The van der Waals surface area contributed by atoms with Crippen molar-refractivity contribution in [2.45, 2.75) is 46.6 Å². The molecule has 5 aromatic rings. The van der Waals surface area contributed by atoms with E-state index in [2.05, 4.69) is 9.97 Å². The zero-order valence-corrected chi connectivity index (χ0v) is 24.5. The van der Waals surface area contributed by atoms with Gasteiger partial charge in [-0.25, -0.2) is 4.98 Å². The van der Waals surface area contributed by atoms with Crippen LogP contribution in [0.4, 0.5) is 5.82 Å². The monoisotopic (exact) mass is 562 g/mol. The maximum atomic E-state index is 13.4. The molecule has 214 valence electrons. The van der Waals surface area contributed by atoms with Gasteiger partial charge >= 0.3 is 0 Å². The molecule has 42 heavy (non-hydrogen) atoms. The molecular weight excluding hydrogens is 528 g/mol. The second-order valence-corrected chi connectivity index (χ2v) is 10.6. The topological polar surface area (TPSA) is 109 Å². The van der Waals surface area contributed by atoms with Gasteiger partial charge in [-0.1, -0.05) is 36.8 Å². The number of aryl methyl sites for hydroxylation is 2. The number of hydrogen-bond donors (Lipinski definition) is 1. The summed E-state index contributed by atoms with van der Waals surface area (Å²) in [7, 11) is 1.63. The van der Waals surface area contributed by atoms with E-state index in [1.54, 1.807) is 37.7 Å². The predicted molar refractivity (Wildman–Crippen MR) is 166 cm³/mol. The molecule has 0 atom stereocenters. The van der Waals surface area contributed by atoms with E-state index in [1.807, 2.05) is 74.9 Å². The van der Waals surface area contributed by atoms with Crippen LogP contribution in [0.5, 0.6) is 17.2 Å². The Bertz CT molecular complexity index is 1830. The molecule has 0 spiro atoms. The van der Waals surface area contributed by atoms with Gasteiger partial charge in [-0.15, -0.1) is 0 Å². The minimum absolute atomic E-state index is 0.0207. The third kappa shape index (κ3) is 5.88. The van der Waals surface area contributed by atoms with Gasteiger partial charge in [0.25, 0.3) is 0 Å². The number of pyridine rings is 3. The van der Waals surface area contributed by atoms with Crippen LogP contribution in [0, 0.1) is 6.92 Å². The number of fused-ring (bicyclic) bond motifs is 1. The van der Waals surface area contributed by atoms with Gasteiger partial charge in [0.15, 0.2) is 11.2 Å². The summed E-state index contributed by atoms with van der Waals surface area (Å²) in [6.45, 7) is 8.06. The molecule has 0 saturated carbocycles. The van der Waals surface area contributed by atoms with Gasteiger partial charge in [-0.2, -0.15) is 0 Å². The van der Waals surface area contributed by atoms with Gasteiger partial charge in [0.05, 0.1) is 30.8 Å². The molecule has 8 nitrogen and oxygen atoms in total. The highest BCUT2D eigenvalue weighted by Crippen LogP contribution is 2.35. The third-order valence-corrected chi connectivity index (χ3v) is 7.25. The highest BCUT2D eigenvalue weighted by Gasteiger charge is 2.18. The van der Waals surface area contributed by atoms with E-state index in [4.69, 9.17) is 15.2 Å². The SMILES string of the molecule is CCc1cc2nc(N)cc(Oc3ccc(CC(=O)c4cn(C(C)C)cc(-c5ccc(C)cc5)c4=O)nc3)c2cc1OC. The molecule has 5 rings (SSSR count). The van der Waals surface area contributed by atoms with Crippen LogP contribution in [0.1, 0.15) is 54.0 Å². The quantitative estimate of drug-likeness (QED) is 0.199. The van der Waals surface area contributed by atoms with Crippen LogP contribution in [0.3, 0.4) is 0 Å². The van der Waals surface area contributed by atoms with Gasteiger partial charge < -0.3 is 19.8 Å². The third-order valence-electron chi connectivity index (χ3n) is 7.25. The summed E-state index contributed by atoms with van der Waals surface area (Å²) >= 11 is 0. The molecule has 0 unspecified atom stereocenters. The predicted octanol–water partition coefficient (Wildman–Crippen LogP) is 6.72. The Balaban J connectivity index is 1.41. The van der Waals surface area contributed by atoms with E-state index in [0.717, 1.165) is 34.2 Å². The highest BCUT2D eigenvalue weighted by molar-refractivity contribution is 5.98. The number of nitrogen functional groups attached to an aromatic ring is 1. The number of Topliss-reactive ketones (excluding diaryl/α,β-unsaturated/α-hetero) is 1. The first-order chi connectivity index (χ1) is 20.2. The van der Waals surface area contributed by atoms with E-state index < -0.39 is 0 Å². The van der Waals surface area contributed by atoms with Crippen molar-refractivity contribution < 1.29 is 14.3 Å². The van der Waals surface area contributed by atoms with Gasteiger partial charge in [0, 0.05) is 41.1 Å². The summed E-state index contributed by atoms with van der Waals surface area (Å²) in [5, 5.41) is 0.757. The molecule has 0 bridgehead atoms. The van der Waals surface area contributed by atoms with E-state index in [9.17, 15) is 9.59 Å². The Hall–Kier alpha value is -4.98. The van der Waals surface area contributed by atoms with Crippen molar-refractivity contribution >= 4 is 22.5 Å². The molecular formula is C34H34N4O4. The van der Waals surface area contributed by atoms with Crippen molar-refractivity contribution in [1.82, 2.24) is 14.5 Å². The summed E-state index contributed by atoms with van der Waals surface area (Å²) in [4.78, 5) is 35.8. The lowest BCUT2D eigenvalue weighted by Gasteiger charge is -2.15. The van der Waals surface area contributed by atoms with Gasteiger partial charge in [-0.3, -0.25) is 14.6 Å². The lowest BCUT2D eigenvalue weighted by Crippen LogP contribution is -2.22. The molecule has 0 aliphatic heterocycles. The molecule has 2 aromatic carbocycles. The van der Waals surface area contributed by atoms with E-state index in [-0.39, 0.29) is 29.2 Å². The number of hydrogen-bond acceptors (Lipinski definition) is 7. The van der Waals surface area contributed by atoms with Gasteiger partial charge in [0.2, 0.25) is 0 Å². The lowest BCUT2D eigenvalue weighted by atomic mass is 10.00. The molecule has 0 aliphatic carbocycles. The minimum atomic E-state index is -0.295. The summed E-state index contributed by atoms with van der Waals surface area (Å²) in [6.07, 6.45) is 5.77. The first-order valence-electron chi connectivity index (χ1n) is 13.9. The van der Waals surface area contributed by atoms with Crippen LogP contribution in [-0.4, -0.2) is 27.4 Å². The number of nitrogens with zero attached hydrogens (tertiary/aromatic N) is 3. The number of rotatable bonds is 9. The number of anilines is 1. The fraction of sp³-hybridized carbons (Fsp3) is 0.235. The van der Waals surface area contributed by atoms with E-state index in [0.29, 0.717) is 34.1 Å². The molecule has 0 aliphatic rings. The smallest absolute Gasteiger partial charge is 0.200 e. The van der Waals surface area contributed by atoms with E-state index in [1.165, 1.54) is 0 Å². The van der Waals surface area contributed by atoms with Crippen molar-refractivity contribution in [2.75, 3.05) is 12.8 Å². The normalized spacial score (nSPS) is 11.2. The zero-order chi connectivity index (χ0) is 30.0. The van der Waals surface area contributed by atoms with Crippen molar-refractivity contribution in [3.63, 3.8) is 0 Å². The molecule has 0 saturated heterocycles. The second kappa shape index (κ2) is 11.9. The summed E-state index contributed by atoms with van der Waals surface area (Å²) < 4.78 is 13.6. The lowest BCUT2D eigenvalue weighted by molar-refractivity contribution is 0.0990. The van der Waals surface area contributed by atoms with E-state index >= 15 is 0 Å². The number of aromatic nitrogens is 3. The number of methoxy groups -OCH3 is 1. The Kier molecular flexibility index (Phi) is 8.06. The van der Waals surface area contributed by atoms with Crippen LogP contribution in [0.25, 0.3) is 22.0 Å². The summed E-state index contributed by atoms with van der Waals surface area (Å²) in [6, 6.07) is 16.8. The van der Waals surface area contributed by atoms with Crippen LogP contribution < -0.4 is 20.6 Å². The molecule has 2 N–H and O–H groups in total. The zero-order valence-electron chi connectivity index (χ0n) is 24.5. The fourth-order valence-corrected chi connectivity index (χ4v) is 4.83. The first kappa shape index (κ1) is 28.5. The van der Waals surface area contributed by atoms with Gasteiger partial charge in [0.1, 0.15) is 23.1 Å². The van der Waals surface area contributed by atoms with Crippen molar-refractivity contribution in [2.24, 2.45) is 0 Å². The average Bonchev–Trinajstić information content (AvgIpc) is 2.97. The highest BCUT2D eigenvalue weighted by atomic mass is 16.5. The van der Waals surface area contributed by atoms with Crippen molar-refractivity contribution in [3.8, 4) is 28.4 Å². The van der Waals surface area contributed by atoms with Crippen LogP contribution >= 0.6 is 0 Å². The Morgan fingerprint density at radius 3 is 2.43 bits per heavy atom. The number of ether oxygens (including phenoxy) is 2. The molecule has 3 heterocycles. The number of ketones is 1. The van der Waals surface area contributed by atoms with Crippen molar-refractivity contribution in [3.05, 3.63) is 106 Å². The fourth-order valence-electron chi connectivity index (χ4n) is 4.83. The van der Waals surface area contributed by atoms with Crippen LogP contribution in [0.15, 0.2) is 78.0 Å². The molecule has 3 aromatic heterocycles. The number of carbonyl (C=O) groups is 1. The molecule has 0 fully saturated rings. The number of nitrogens with two attached hydrogens (primary N) is 1.